The maximum atomic E-state index is 12.5. The molecule has 160 valence electrons. The van der Waals surface area contributed by atoms with Crippen LogP contribution in [0.25, 0.3) is 0 Å². The second-order valence-electron chi connectivity index (χ2n) is 8.49. The molecule has 3 amide bonds. The number of aryl methyl sites for hydroxylation is 1. The first-order valence-corrected chi connectivity index (χ1v) is 11.5. The number of hydrogen-bond donors (Lipinski definition) is 0. The first-order valence-electron chi connectivity index (χ1n) is 11.5. The smallest absolute Gasteiger partial charge is 0.319 e. The maximum Gasteiger partial charge on any atom is 0.319 e. The van der Waals surface area contributed by atoms with Gasteiger partial charge in [-0.05, 0) is 69.4 Å². The standard InChI is InChI=1S/C24H37N3O2/c1-3-25(4-2)24(29)27-17-13-22(14-18-27)19-21-9-7-20(8-10-21)11-12-23(28)26-15-5-6-16-26/h7-10,22H,3-6,11-19H2,1-2H3. The van der Waals surface area contributed by atoms with Crippen molar-refractivity contribution < 1.29 is 9.59 Å². The Bertz CT molecular complexity index is 655. The quantitative estimate of drug-likeness (QED) is 0.697. The first kappa shape index (κ1) is 21.7. The van der Waals surface area contributed by atoms with Gasteiger partial charge in [0.05, 0.1) is 0 Å². The third-order valence-corrected chi connectivity index (χ3v) is 6.55. The summed E-state index contributed by atoms with van der Waals surface area (Å²) in [6, 6.07) is 9.02. The number of benzene rings is 1. The summed E-state index contributed by atoms with van der Waals surface area (Å²) >= 11 is 0. The molecule has 2 fully saturated rings. The van der Waals surface area contributed by atoms with Gasteiger partial charge in [-0.3, -0.25) is 4.79 Å². The number of hydrogen-bond acceptors (Lipinski definition) is 2. The number of amides is 3. The Labute approximate surface area is 176 Å². The van der Waals surface area contributed by atoms with Crippen molar-refractivity contribution in [3.8, 4) is 0 Å². The van der Waals surface area contributed by atoms with Gasteiger partial charge in [-0.1, -0.05) is 24.3 Å². The van der Waals surface area contributed by atoms with Crippen LogP contribution in [0, 0.1) is 5.92 Å². The molecule has 2 heterocycles. The van der Waals surface area contributed by atoms with Gasteiger partial charge >= 0.3 is 6.03 Å². The van der Waals surface area contributed by atoms with Gasteiger partial charge in [0.15, 0.2) is 0 Å². The number of piperidine rings is 1. The highest BCUT2D eigenvalue weighted by Crippen LogP contribution is 2.23. The van der Waals surface area contributed by atoms with Crippen molar-refractivity contribution in [2.24, 2.45) is 5.92 Å². The zero-order valence-corrected chi connectivity index (χ0v) is 18.2. The van der Waals surface area contributed by atoms with Gasteiger partial charge in [0.2, 0.25) is 5.91 Å². The molecule has 0 bridgehead atoms. The van der Waals surface area contributed by atoms with Crippen molar-refractivity contribution in [3.63, 3.8) is 0 Å². The Morgan fingerprint density at radius 3 is 2.07 bits per heavy atom. The van der Waals surface area contributed by atoms with Crippen LogP contribution in [0.3, 0.4) is 0 Å². The minimum atomic E-state index is 0.196. The van der Waals surface area contributed by atoms with Gasteiger partial charge < -0.3 is 14.7 Å². The van der Waals surface area contributed by atoms with Gasteiger partial charge in [0.25, 0.3) is 0 Å². The van der Waals surface area contributed by atoms with E-state index < -0.39 is 0 Å². The molecule has 0 unspecified atom stereocenters. The highest BCUT2D eigenvalue weighted by atomic mass is 16.2. The summed E-state index contributed by atoms with van der Waals surface area (Å²) in [7, 11) is 0. The lowest BCUT2D eigenvalue weighted by Crippen LogP contribution is -2.46. The molecule has 29 heavy (non-hydrogen) atoms. The van der Waals surface area contributed by atoms with Crippen LogP contribution in [-0.2, 0) is 17.6 Å². The molecule has 0 saturated carbocycles. The van der Waals surface area contributed by atoms with E-state index in [0.29, 0.717) is 18.2 Å². The van der Waals surface area contributed by atoms with Crippen LogP contribution in [-0.4, -0.2) is 65.9 Å². The highest BCUT2D eigenvalue weighted by Gasteiger charge is 2.25. The van der Waals surface area contributed by atoms with Crippen molar-refractivity contribution in [2.75, 3.05) is 39.3 Å². The lowest BCUT2D eigenvalue weighted by Gasteiger charge is -2.35. The minimum absolute atomic E-state index is 0.196. The van der Waals surface area contributed by atoms with Gasteiger partial charge in [0.1, 0.15) is 0 Å². The summed E-state index contributed by atoms with van der Waals surface area (Å²) in [5, 5.41) is 0. The zero-order chi connectivity index (χ0) is 20.6. The van der Waals surface area contributed by atoms with Crippen molar-refractivity contribution in [3.05, 3.63) is 35.4 Å². The van der Waals surface area contributed by atoms with E-state index in [0.717, 1.165) is 77.8 Å². The molecule has 5 heteroatoms. The SMILES string of the molecule is CCN(CC)C(=O)N1CCC(Cc2ccc(CCC(=O)N3CCCC3)cc2)CC1. The Balaban J connectivity index is 1.41. The molecular weight excluding hydrogens is 362 g/mol. The van der Waals surface area contributed by atoms with Gasteiger partial charge in [-0.2, -0.15) is 0 Å². The van der Waals surface area contributed by atoms with Crippen molar-refractivity contribution in [1.82, 2.24) is 14.7 Å². The third kappa shape index (κ3) is 5.97. The number of urea groups is 1. The predicted octanol–water partition coefficient (Wildman–Crippen LogP) is 3.96. The molecule has 0 radical (unpaired) electrons. The van der Waals surface area contributed by atoms with E-state index in [-0.39, 0.29) is 6.03 Å². The molecule has 3 rings (SSSR count). The molecule has 0 atom stereocenters. The van der Waals surface area contributed by atoms with Crippen LogP contribution in [0.1, 0.15) is 57.1 Å². The molecule has 1 aromatic rings. The fraction of sp³-hybridized carbons (Fsp3) is 0.667. The topological polar surface area (TPSA) is 43.9 Å². The molecule has 0 spiro atoms. The van der Waals surface area contributed by atoms with Crippen LogP contribution in [0.5, 0.6) is 0 Å². The molecule has 2 aliphatic rings. The van der Waals surface area contributed by atoms with E-state index >= 15 is 0 Å². The fourth-order valence-corrected chi connectivity index (χ4v) is 4.57. The lowest BCUT2D eigenvalue weighted by molar-refractivity contribution is -0.130. The second kappa shape index (κ2) is 10.7. The number of carbonyl (C=O) groups is 2. The van der Waals surface area contributed by atoms with Crippen LogP contribution in [0.15, 0.2) is 24.3 Å². The predicted molar refractivity (Wildman–Crippen MR) is 117 cm³/mol. The number of carbonyl (C=O) groups excluding carboxylic acids is 2. The fourth-order valence-electron chi connectivity index (χ4n) is 4.57. The monoisotopic (exact) mass is 399 g/mol. The van der Waals surface area contributed by atoms with E-state index in [1.54, 1.807) is 0 Å². The molecule has 2 saturated heterocycles. The Morgan fingerprint density at radius 2 is 1.48 bits per heavy atom. The van der Waals surface area contributed by atoms with E-state index in [1.807, 2.05) is 28.5 Å². The average Bonchev–Trinajstić information content (AvgIpc) is 3.29. The maximum absolute atomic E-state index is 12.5. The minimum Gasteiger partial charge on any atom is -0.343 e. The largest absolute Gasteiger partial charge is 0.343 e. The molecule has 0 N–H and O–H groups in total. The van der Waals surface area contributed by atoms with E-state index in [9.17, 15) is 9.59 Å². The second-order valence-corrected chi connectivity index (χ2v) is 8.49. The lowest BCUT2D eigenvalue weighted by atomic mass is 9.90. The van der Waals surface area contributed by atoms with Crippen LogP contribution in [0.2, 0.25) is 0 Å². The molecule has 0 aromatic heterocycles. The zero-order valence-electron chi connectivity index (χ0n) is 18.2. The summed E-state index contributed by atoms with van der Waals surface area (Å²) in [5.41, 5.74) is 2.62. The number of nitrogens with zero attached hydrogens (tertiary/aromatic N) is 3. The van der Waals surface area contributed by atoms with Crippen LogP contribution in [0.4, 0.5) is 4.79 Å². The Morgan fingerprint density at radius 1 is 0.897 bits per heavy atom. The van der Waals surface area contributed by atoms with Crippen molar-refractivity contribution in [2.45, 2.75) is 58.8 Å². The molecule has 1 aromatic carbocycles. The summed E-state index contributed by atoms with van der Waals surface area (Å²) < 4.78 is 0. The third-order valence-electron chi connectivity index (χ3n) is 6.55. The Hall–Kier alpha value is -2.04. The van der Waals surface area contributed by atoms with Crippen molar-refractivity contribution >= 4 is 11.9 Å². The Kier molecular flexibility index (Phi) is 7.96. The molecule has 0 aliphatic carbocycles. The summed E-state index contributed by atoms with van der Waals surface area (Å²) in [5.74, 6) is 0.955. The van der Waals surface area contributed by atoms with Crippen LogP contribution >= 0.6 is 0 Å². The highest BCUT2D eigenvalue weighted by molar-refractivity contribution is 5.76. The average molecular weight is 400 g/mol. The van der Waals surface area contributed by atoms with E-state index in [4.69, 9.17) is 0 Å². The van der Waals surface area contributed by atoms with Crippen molar-refractivity contribution in [1.29, 1.82) is 0 Å². The molecule has 5 nitrogen and oxygen atoms in total. The van der Waals surface area contributed by atoms with E-state index in [2.05, 4.69) is 24.3 Å². The summed E-state index contributed by atoms with van der Waals surface area (Å²) in [4.78, 5) is 30.6. The number of rotatable bonds is 7. The molecule has 2 aliphatic heterocycles. The van der Waals surface area contributed by atoms with E-state index in [1.165, 1.54) is 11.1 Å². The molecular formula is C24H37N3O2. The van der Waals surface area contributed by atoms with Gasteiger partial charge in [0, 0.05) is 45.7 Å². The normalized spacial score (nSPS) is 17.6. The van der Waals surface area contributed by atoms with Crippen LogP contribution < -0.4 is 0 Å². The van der Waals surface area contributed by atoms with Gasteiger partial charge in [-0.15, -0.1) is 0 Å². The van der Waals surface area contributed by atoms with Gasteiger partial charge in [-0.25, -0.2) is 4.79 Å². The summed E-state index contributed by atoms with van der Waals surface area (Å²) in [6.45, 7) is 9.28. The number of likely N-dealkylation sites (tertiary alicyclic amines) is 2. The summed E-state index contributed by atoms with van der Waals surface area (Å²) in [6.07, 6.45) is 7.02. The first-order chi connectivity index (χ1) is 14.1.